The van der Waals surface area contributed by atoms with E-state index < -0.39 is 0 Å². The molecule has 0 aromatic carbocycles. The maximum atomic E-state index is 2.69. The number of hydrogen-bond donors (Lipinski definition) is 0. The number of hydrogen-bond acceptors (Lipinski definition) is 0. The molecule has 0 nitrogen and oxygen atoms in total. The van der Waals surface area contributed by atoms with Gasteiger partial charge in [-0.3, -0.25) is 0 Å². The Hall–Kier alpha value is -0.260. The molecular formula is C26H44. The van der Waals surface area contributed by atoms with Gasteiger partial charge in [0.05, 0.1) is 0 Å². The summed E-state index contributed by atoms with van der Waals surface area (Å²) in [6.45, 7) is 4.91. The van der Waals surface area contributed by atoms with Gasteiger partial charge in [-0.1, -0.05) is 51.7 Å². The van der Waals surface area contributed by atoms with Crippen LogP contribution in [0.25, 0.3) is 0 Å². The van der Waals surface area contributed by atoms with Crippen LogP contribution in [0.2, 0.25) is 0 Å². The standard InChI is InChI=1S/C26H44/c1-19-3-7-21(8-4-19)23-11-15-25(16-12-23)26-17-13-24(14-18-26)22-9-5-20(2)6-10-22/h11,15,19-26H,3-10,12-14,16-18H2,1-2H3. The lowest BCUT2D eigenvalue weighted by molar-refractivity contribution is 0.129. The fraction of sp³-hybridized carbons (Fsp3) is 0.923. The van der Waals surface area contributed by atoms with E-state index in [9.17, 15) is 0 Å². The molecule has 0 aromatic heterocycles. The van der Waals surface area contributed by atoms with Gasteiger partial charge in [-0.2, -0.15) is 0 Å². The molecule has 2 unspecified atom stereocenters. The molecule has 0 N–H and O–H groups in total. The van der Waals surface area contributed by atoms with Crippen molar-refractivity contribution in [3.05, 3.63) is 12.2 Å². The fourth-order valence-corrected chi connectivity index (χ4v) is 7.16. The number of allylic oxidation sites excluding steroid dienone is 2. The Morgan fingerprint density at radius 1 is 0.385 bits per heavy atom. The van der Waals surface area contributed by atoms with Gasteiger partial charge < -0.3 is 0 Å². The Morgan fingerprint density at radius 3 is 1.08 bits per heavy atom. The van der Waals surface area contributed by atoms with Gasteiger partial charge in [0, 0.05) is 0 Å². The summed E-state index contributed by atoms with van der Waals surface area (Å²) in [5, 5.41) is 0. The zero-order valence-electron chi connectivity index (χ0n) is 17.7. The van der Waals surface area contributed by atoms with Crippen LogP contribution >= 0.6 is 0 Å². The van der Waals surface area contributed by atoms with Gasteiger partial charge in [-0.15, -0.1) is 0 Å². The third-order valence-electron chi connectivity index (χ3n) is 9.25. The van der Waals surface area contributed by atoms with Gasteiger partial charge in [0.15, 0.2) is 0 Å². The molecule has 0 bridgehead atoms. The minimum atomic E-state index is 0.930. The van der Waals surface area contributed by atoms with Crippen molar-refractivity contribution in [1.29, 1.82) is 0 Å². The van der Waals surface area contributed by atoms with E-state index in [0.717, 1.165) is 47.3 Å². The molecule has 4 rings (SSSR count). The maximum Gasteiger partial charge on any atom is -0.0205 e. The smallest absolute Gasteiger partial charge is 0.0205 e. The van der Waals surface area contributed by atoms with E-state index in [0.29, 0.717) is 0 Å². The first kappa shape index (κ1) is 19.1. The normalized spacial score (nSPS) is 47.6. The predicted molar refractivity (Wildman–Crippen MR) is 113 cm³/mol. The lowest BCUT2D eigenvalue weighted by Gasteiger charge is -2.40. The van der Waals surface area contributed by atoms with Crippen molar-refractivity contribution in [1.82, 2.24) is 0 Å². The van der Waals surface area contributed by atoms with Crippen LogP contribution in [0.15, 0.2) is 12.2 Å². The Balaban J connectivity index is 1.22. The average Bonchev–Trinajstić information content (AvgIpc) is 2.70. The van der Waals surface area contributed by atoms with Crippen molar-refractivity contribution in [3.63, 3.8) is 0 Å². The highest BCUT2D eigenvalue weighted by Gasteiger charge is 2.34. The van der Waals surface area contributed by atoms with Crippen LogP contribution < -0.4 is 0 Å². The Bertz CT molecular complexity index is 439. The van der Waals surface area contributed by atoms with Gasteiger partial charge in [-0.25, -0.2) is 0 Å². The molecule has 4 aliphatic carbocycles. The van der Waals surface area contributed by atoms with E-state index in [-0.39, 0.29) is 0 Å². The highest BCUT2D eigenvalue weighted by Crippen LogP contribution is 2.46. The molecule has 26 heavy (non-hydrogen) atoms. The van der Waals surface area contributed by atoms with Crippen LogP contribution in [-0.4, -0.2) is 0 Å². The molecule has 148 valence electrons. The van der Waals surface area contributed by atoms with Crippen LogP contribution in [-0.2, 0) is 0 Å². The summed E-state index contributed by atoms with van der Waals surface area (Å²) >= 11 is 0. The molecule has 3 saturated carbocycles. The third-order valence-corrected chi connectivity index (χ3v) is 9.25. The van der Waals surface area contributed by atoms with Gasteiger partial charge in [0.25, 0.3) is 0 Å². The van der Waals surface area contributed by atoms with E-state index in [1.54, 1.807) is 25.7 Å². The van der Waals surface area contributed by atoms with Gasteiger partial charge in [0.1, 0.15) is 0 Å². The van der Waals surface area contributed by atoms with Crippen molar-refractivity contribution in [2.45, 2.75) is 104 Å². The van der Waals surface area contributed by atoms with E-state index in [1.807, 2.05) is 0 Å². The SMILES string of the molecule is CC1CCC(C2C=CC(C3CCC(C4CCC(C)CC4)CC3)CC2)CC1. The summed E-state index contributed by atoms with van der Waals surface area (Å²) in [5.74, 6) is 8.09. The zero-order chi connectivity index (χ0) is 17.9. The summed E-state index contributed by atoms with van der Waals surface area (Å²) in [7, 11) is 0. The van der Waals surface area contributed by atoms with E-state index in [2.05, 4.69) is 26.0 Å². The summed E-state index contributed by atoms with van der Waals surface area (Å²) in [4.78, 5) is 0. The Morgan fingerprint density at radius 2 is 0.692 bits per heavy atom. The lowest BCUT2D eigenvalue weighted by Crippen LogP contribution is -2.29. The molecule has 0 aliphatic heterocycles. The molecule has 4 aliphatic rings. The van der Waals surface area contributed by atoms with Crippen LogP contribution in [0.1, 0.15) is 104 Å². The quantitative estimate of drug-likeness (QED) is 0.449. The molecule has 0 amide bonds. The fourth-order valence-electron chi connectivity index (χ4n) is 7.16. The highest BCUT2D eigenvalue weighted by atomic mass is 14.4. The highest BCUT2D eigenvalue weighted by molar-refractivity contribution is 5.03. The molecule has 0 heteroatoms. The minimum Gasteiger partial charge on any atom is -0.0849 e. The summed E-state index contributed by atoms with van der Waals surface area (Å²) in [6.07, 6.45) is 26.7. The number of rotatable bonds is 3. The summed E-state index contributed by atoms with van der Waals surface area (Å²) < 4.78 is 0. The topological polar surface area (TPSA) is 0 Å². The molecular weight excluding hydrogens is 312 g/mol. The maximum absolute atomic E-state index is 2.69. The second kappa shape index (κ2) is 8.83. The average molecular weight is 357 g/mol. The predicted octanol–water partition coefficient (Wildman–Crippen LogP) is 8.03. The zero-order valence-corrected chi connectivity index (χ0v) is 17.7. The van der Waals surface area contributed by atoms with Gasteiger partial charge in [0.2, 0.25) is 0 Å². The van der Waals surface area contributed by atoms with Crippen LogP contribution in [0.3, 0.4) is 0 Å². The van der Waals surface area contributed by atoms with Crippen molar-refractivity contribution in [2.75, 3.05) is 0 Å². The molecule has 0 spiro atoms. The van der Waals surface area contributed by atoms with Crippen molar-refractivity contribution in [3.8, 4) is 0 Å². The van der Waals surface area contributed by atoms with E-state index in [1.165, 1.54) is 64.2 Å². The lowest BCUT2D eigenvalue weighted by atomic mass is 9.65. The second-order valence-corrected chi connectivity index (χ2v) is 11.0. The van der Waals surface area contributed by atoms with Crippen LogP contribution in [0, 0.1) is 47.3 Å². The first-order valence-electron chi connectivity index (χ1n) is 12.4. The van der Waals surface area contributed by atoms with Gasteiger partial charge >= 0.3 is 0 Å². The molecule has 0 heterocycles. The second-order valence-electron chi connectivity index (χ2n) is 11.0. The summed E-state index contributed by atoms with van der Waals surface area (Å²) in [5.41, 5.74) is 0. The monoisotopic (exact) mass is 356 g/mol. The van der Waals surface area contributed by atoms with Crippen molar-refractivity contribution in [2.24, 2.45) is 47.3 Å². The van der Waals surface area contributed by atoms with Crippen LogP contribution in [0.5, 0.6) is 0 Å². The van der Waals surface area contributed by atoms with Crippen LogP contribution in [0.4, 0.5) is 0 Å². The van der Waals surface area contributed by atoms with Gasteiger partial charge in [-0.05, 0) is 112 Å². The molecule has 3 fully saturated rings. The molecule has 2 atom stereocenters. The summed E-state index contributed by atoms with van der Waals surface area (Å²) in [6, 6.07) is 0. The minimum absolute atomic E-state index is 0.930. The first-order chi connectivity index (χ1) is 12.7. The Labute approximate surface area is 163 Å². The third kappa shape index (κ3) is 4.59. The molecule has 0 saturated heterocycles. The van der Waals surface area contributed by atoms with E-state index in [4.69, 9.17) is 0 Å². The first-order valence-corrected chi connectivity index (χ1v) is 12.4. The molecule has 0 radical (unpaired) electrons. The van der Waals surface area contributed by atoms with E-state index >= 15 is 0 Å². The van der Waals surface area contributed by atoms with Crippen molar-refractivity contribution >= 4 is 0 Å². The molecule has 0 aromatic rings. The Kier molecular flexibility index (Phi) is 6.48. The largest absolute Gasteiger partial charge is 0.0849 e. The van der Waals surface area contributed by atoms with Crippen molar-refractivity contribution < 1.29 is 0 Å².